The highest BCUT2D eigenvalue weighted by Crippen LogP contribution is 2.39. The number of nitrogens with zero attached hydrogens (tertiary/aromatic N) is 1. The number of para-hydroxylation sites is 1. The van der Waals surface area contributed by atoms with E-state index in [0.717, 1.165) is 21.8 Å². The van der Waals surface area contributed by atoms with Gasteiger partial charge in [0.1, 0.15) is 0 Å². The molecule has 7 aromatic rings. The molecule has 0 atom stereocenters. The molecule has 0 radical (unpaired) electrons. The molecular weight excluding hydrogens is 434 g/mol. The topological polar surface area (TPSA) is 4.93 Å². The molecule has 0 unspecified atom stereocenters. The van der Waals surface area contributed by atoms with Crippen molar-refractivity contribution >= 4 is 55.0 Å². The molecule has 1 heterocycles. The smallest absolute Gasteiger partial charge is 0.0547 e. The molecule has 160 valence electrons. The van der Waals surface area contributed by atoms with Gasteiger partial charge in [-0.15, -0.1) is 0 Å². The first-order valence-electron chi connectivity index (χ1n) is 11.5. The lowest BCUT2D eigenvalue weighted by Gasteiger charge is -2.14. The standard InChI is InChI=1S/C32H20ClN/c33-26-13-7-12-25(16-26)27-14-5-6-15-30(27)34-31-19-23-10-3-1-8-21(23)17-28(31)29-18-22-9-2-4-11-24(22)20-32(29)34/h1-20H. The molecule has 0 aliphatic rings. The van der Waals surface area contributed by atoms with Gasteiger partial charge in [-0.05, 0) is 69.6 Å². The Morgan fingerprint density at radius 1 is 0.471 bits per heavy atom. The Morgan fingerprint density at radius 3 is 1.59 bits per heavy atom. The van der Waals surface area contributed by atoms with Crippen LogP contribution in [0.2, 0.25) is 5.02 Å². The van der Waals surface area contributed by atoms with Crippen LogP contribution in [-0.2, 0) is 0 Å². The van der Waals surface area contributed by atoms with Crippen molar-refractivity contribution in [3.05, 3.63) is 126 Å². The molecule has 0 fully saturated rings. The third-order valence-corrected chi connectivity index (χ3v) is 7.02. The van der Waals surface area contributed by atoms with Crippen LogP contribution in [0.5, 0.6) is 0 Å². The zero-order valence-electron chi connectivity index (χ0n) is 18.4. The van der Waals surface area contributed by atoms with Crippen molar-refractivity contribution in [1.82, 2.24) is 4.57 Å². The molecule has 6 aromatic carbocycles. The van der Waals surface area contributed by atoms with E-state index in [-0.39, 0.29) is 0 Å². The van der Waals surface area contributed by atoms with Crippen molar-refractivity contribution in [2.75, 3.05) is 0 Å². The Kier molecular flexibility index (Phi) is 4.27. The van der Waals surface area contributed by atoms with E-state index < -0.39 is 0 Å². The van der Waals surface area contributed by atoms with Gasteiger partial charge in [0.05, 0.1) is 16.7 Å². The fraction of sp³-hybridized carbons (Fsp3) is 0. The van der Waals surface area contributed by atoms with Gasteiger partial charge in [0.25, 0.3) is 0 Å². The highest BCUT2D eigenvalue weighted by molar-refractivity contribution is 6.30. The van der Waals surface area contributed by atoms with Gasteiger partial charge in [0.15, 0.2) is 0 Å². The molecular formula is C32H20ClN. The van der Waals surface area contributed by atoms with Gasteiger partial charge in [-0.1, -0.05) is 90.5 Å². The average Bonchev–Trinajstić information content (AvgIpc) is 3.18. The second-order valence-corrected chi connectivity index (χ2v) is 9.23. The Balaban J connectivity index is 1.67. The van der Waals surface area contributed by atoms with E-state index in [4.69, 9.17) is 11.6 Å². The summed E-state index contributed by atoms with van der Waals surface area (Å²) in [6, 6.07) is 43.2. The van der Waals surface area contributed by atoms with Crippen LogP contribution in [-0.4, -0.2) is 4.57 Å². The van der Waals surface area contributed by atoms with Crippen LogP contribution >= 0.6 is 11.6 Å². The van der Waals surface area contributed by atoms with E-state index in [0.29, 0.717) is 0 Å². The normalized spacial score (nSPS) is 11.7. The Morgan fingerprint density at radius 2 is 1.00 bits per heavy atom. The molecule has 34 heavy (non-hydrogen) atoms. The lowest BCUT2D eigenvalue weighted by Crippen LogP contribution is -1.97. The van der Waals surface area contributed by atoms with Gasteiger partial charge in [-0.3, -0.25) is 0 Å². The van der Waals surface area contributed by atoms with E-state index >= 15 is 0 Å². The SMILES string of the molecule is Clc1cccc(-c2ccccc2-n2c3cc4ccccc4cc3c3cc4ccccc4cc32)c1. The van der Waals surface area contributed by atoms with Crippen LogP contribution in [0.4, 0.5) is 0 Å². The van der Waals surface area contributed by atoms with Gasteiger partial charge < -0.3 is 4.57 Å². The predicted octanol–water partition coefficient (Wildman–Crippen LogP) is 9.41. The summed E-state index contributed by atoms with van der Waals surface area (Å²) in [5, 5.41) is 8.26. The first-order chi connectivity index (χ1) is 16.8. The molecule has 0 N–H and O–H groups in total. The van der Waals surface area contributed by atoms with Crippen LogP contribution in [0, 0.1) is 0 Å². The molecule has 0 saturated carbocycles. The summed E-state index contributed by atoms with van der Waals surface area (Å²) in [4.78, 5) is 0. The monoisotopic (exact) mass is 453 g/mol. The van der Waals surface area contributed by atoms with Gasteiger partial charge in [0, 0.05) is 21.4 Å². The van der Waals surface area contributed by atoms with Crippen LogP contribution in [0.15, 0.2) is 121 Å². The fourth-order valence-corrected chi connectivity index (χ4v) is 5.41. The number of halogens is 1. The van der Waals surface area contributed by atoms with Gasteiger partial charge in [-0.2, -0.15) is 0 Å². The van der Waals surface area contributed by atoms with E-state index in [9.17, 15) is 0 Å². The lowest BCUT2D eigenvalue weighted by molar-refractivity contribution is 1.18. The molecule has 1 aromatic heterocycles. The van der Waals surface area contributed by atoms with Crippen molar-refractivity contribution in [3.63, 3.8) is 0 Å². The maximum Gasteiger partial charge on any atom is 0.0547 e. The minimum atomic E-state index is 0.742. The number of hydrogen-bond donors (Lipinski definition) is 0. The summed E-state index contributed by atoms with van der Waals surface area (Å²) < 4.78 is 2.42. The second-order valence-electron chi connectivity index (χ2n) is 8.80. The Hall–Kier alpha value is -4.07. The Labute approximate surface area is 202 Å². The second kappa shape index (κ2) is 7.48. The van der Waals surface area contributed by atoms with E-state index in [1.165, 1.54) is 43.4 Å². The van der Waals surface area contributed by atoms with Crippen molar-refractivity contribution < 1.29 is 0 Å². The maximum atomic E-state index is 6.39. The number of fused-ring (bicyclic) bond motifs is 5. The highest BCUT2D eigenvalue weighted by Gasteiger charge is 2.17. The molecule has 0 bridgehead atoms. The molecule has 0 aliphatic heterocycles. The van der Waals surface area contributed by atoms with E-state index in [1.54, 1.807) is 0 Å². The summed E-state index contributed by atoms with van der Waals surface area (Å²) in [6.45, 7) is 0. The quantitative estimate of drug-likeness (QED) is 0.245. The Bertz CT molecular complexity index is 1780. The zero-order valence-corrected chi connectivity index (χ0v) is 19.1. The maximum absolute atomic E-state index is 6.39. The number of aromatic nitrogens is 1. The van der Waals surface area contributed by atoms with Crippen LogP contribution in [0.3, 0.4) is 0 Å². The minimum Gasteiger partial charge on any atom is -0.309 e. The van der Waals surface area contributed by atoms with Gasteiger partial charge in [-0.25, -0.2) is 0 Å². The number of benzene rings is 6. The van der Waals surface area contributed by atoms with E-state index in [1.807, 2.05) is 18.2 Å². The van der Waals surface area contributed by atoms with Crippen LogP contribution in [0.25, 0.3) is 60.2 Å². The predicted molar refractivity (Wildman–Crippen MR) is 146 cm³/mol. The molecule has 1 nitrogen and oxygen atoms in total. The van der Waals surface area contributed by atoms with Crippen molar-refractivity contribution in [1.29, 1.82) is 0 Å². The minimum absolute atomic E-state index is 0.742. The summed E-state index contributed by atoms with van der Waals surface area (Å²) >= 11 is 6.39. The lowest BCUT2D eigenvalue weighted by atomic mass is 10.0. The zero-order chi connectivity index (χ0) is 22.6. The molecule has 0 amide bonds. The van der Waals surface area contributed by atoms with Crippen LogP contribution < -0.4 is 0 Å². The van der Waals surface area contributed by atoms with Crippen molar-refractivity contribution in [3.8, 4) is 16.8 Å². The number of hydrogen-bond acceptors (Lipinski definition) is 0. The van der Waals surface area contributed by atoms with Crippen LogP contribution in [0.1, 0.15) is 0 Å². The molecule has 0 saturated heterocycles. The summed E-state index contributed by atoms with van der Waals surface area (Å²) in [5.74, 6) is 0. The summed E-state index contributed by atoms with van der Waals surface area (Å²) in [5.41, 5.74) is 5.83. The van der Waals surface area contributed by atoms with E-state index in [2.05, 4.69) is 108 Å². The third-order valence-electron chi connectivity index (χ3n) is 6.78. The third kappa shape index (κ3) is 2.95. The van der Waals surface area contributed by atoms with Crippen molar-refractivity contribution in [2.24, 2.45) is 0 Å². The first kappa shape index (κ1) is 19.4. The fourth-order valence-electron chi connectivity index (χ4n) is 5.22. The molecule has 0 aliphatic carbocycles. The van der Waals surface area contributed by atoms with Gasteiger partial charge in [0.2, 0.25) is 0 Å². The van der Waals surface area contributed by atoms with Gasteiger partial charge >= 0.3 is 0 Å². The first-order valence-corrected chi connectivity index (χ1v) is 11.9. The largest absolute Gasteiger partial charge is 0.309 e. The number of rotatable bonds is 2. The highest BCUT2D eigenvalue weighted by atomic mass is 35.5. The summed E-state index contributed by atoms with van der Waals surface area (Å²) in [7, 11) is 0. The molecule has 7 rings (SSSR count). The molecule has 0 spiro atoms. The average molecular weight is 454 g/mol. The summed E-state index contributed by atoms with van der Waals surface area (Å²) in [6.07, 6.45) is 0. The molecule has 2 heteroatoms. The van der Waals surface area contributed by atoms with Crippen molar-refractivity contribution in [2.45, 2.75) is 0 Å².